The zero-order valence-electron chi connectivity index (χ0n) is 19.1. The molecular formula is C27H25ClN2O4S. The monoisotopic (exact) mass is 508 g/mol. The van der Waals surface area contributed by atoms with E-state index >= 15 is 0 Å². The Hall–Kier alpha value is -3.16. The molecule has 5 rings (SSSR count). The van der Waals surface area contributed by atoms with Gasteiger partial charge < -0.3 is 19.7 Å². The lowest BCUT2D eigenvalue weighted by Gasteiger charge is -2.36. The van der Waals surface area contributed by atoms with Crippen molar-refractivity contribution in [1.29, 1.82) is 0 Å². The van der Waals surface area contributed by atoms with Gasteiger partial charge in [-0.3, -0.25) is 9.59 Å². The first-order valence-electron chi connectivity index (χ1n) is 11.5. The second-order valence-electron chi connectivity index (χ2n) is 8.55. The fourth-order valence-corrected chi connectivity index (χ4v) is 5.67. The van der Waals surface area contributed by atoms with Crippen LogP contribution in [0.3, 0.4) is 0 Å². The number of carbonyl (C=O) groups excluding carboxylic acids is 2. The smallest absolute Gasteiger partial charge is 0.241 e. The summed E-state index contributed by atoms with van der Waals surface area (Å²) in [7, 11) is 0. The van der Waals surface area contributed by atoms with E-state index < -0.39 is 11.2 Å². The Balaban J connectivity index is 1.28. The molecule has 0 spiro atoms. The number of thioether (sulfide) groups is 1. The molecule has 2 heterocycles. The van der Waals surface area contributed by atoms with Crippen LogP contribution in [0.4, 0.5) is 5.69 Å². The Kier molecular flexibility index (Phi) is 6.88. The molecule has 3 aromatic carbocycles. The van der Waals surface area contributed by atoms with Crippen molar-refractivity contribution in [3.8, 4) is 11.5 Å². The van der Waals surface area contributed by atoms with Crippen LogP contribution in [0, 0.1) is 5.92 Å². The first kappa shape index (κ1) is 23.6. The molecule has 0 aromatic heterocycles. The van der Waals surface area contributed by atoms with Crippen LogP contribution >= 0.6 is 23.4 Å². The number of nitrogens with zero attached hydrogens (tertiary/aromatic N) is 1. The van der Waals surface area contributed by atoms with Crippen molar-refractivity contribution in [2.75, 3.05) is 18.1 Å². The third-order valence-electron chi connectivity index (χ3n) is 6.14. The quantitative estimate of drug-likeness (QED) is 0.511. The van der Waals surface area contributed by atoms with Crippen LogP contribution in [-0.4, -0.2) is 36.3 Å². The number of amides is 2. The summed E-state index contributed by atoms with van der Waals surface area (Å²) in [5, 5.41) is 3.00. The molecule has 1 N–H and O–H groups in total. The van der Waals surface area contributed by atoms with Gasteiger partial charge in [-0.15, -0.1) is 11.8 Å². The average Bonchev–Trinajstić information content (AvgIpc) is 2.89. The molecule has 35 heavy (non-hydrogen) atoms. The van der Waals surface area contributed by atoms with Crippen molar-refractivity contribution in [2.24, 2.45) is 5.92 Å². The summed E-state index contributed by atoms with van der Waals surface area (Å²) < 4.78 is 11.7. The lowest BCUT2D eigenvalue weighted by atomic mass is 10.0. The number of anilines is 1. The Morgan fingerprint density at radius 3 is 2.63 bits per heavy atom. The molecule has 180 valence electrons. The number of benzene rings is 3. The van der Waals surface area contributed by atoms with Gasteiger partial charge >= 0.3 is 0 Å². The van der Waals surface area contributed by atoms with Crippen molar-refractivity contribution in [2.45, 2.75) is 29.7 Å². The van der Waals surface area contributed by atoms with Crippen molar-refractivity contribution < 1.29 is 19.1 Å². The number of ether oxygens (including phenoxy) is 2. The van der Waals surface area contributed by atoms with E-state index in [0.717, 1.165) is 16.1 Å². The molecule has 3 atom stereocenters. The minimum Gasteiger partial charge on any atom is -0.486 e. The topological polar surface area (TPSA) is 67.9 Å². The Labute approximate surface area is 213 Å². The highest BCUT2D eigenvalue weighted by Gasteiger charge is 2.39. The summed E-state index contributed by atoms with van der Waals surface area (Å²) in [6.45, 7) is 2.78. The number of halogens is 1. The molecule has 0 bridgehead atoms. The van der Waals surface area contributed by atoms with E-state index in [0.29, 0.717) is 36.2 Å². The first-order chi connectivity index (χ1) is 17.0. The molecule has 3 aromatic rings. The van der Waals surface area contributed by atoms with E-state index in [9.17, 15) is 9.59 Å². The summed E-state index contributed by atoms with van der Waals surface area (Å²) >= 11 is 7.82. The molecule has 0 fully saturated rings. The average molecular weight is 509 g/mol. The summed E-state index contributed by atoms with van der Waals surface area (Å²) in [6.07, 6.45) is -0.298. The van der Waals surface area contributed by atoms with Crippen LogP contribution in [0.15, 0.2) is 77.7 Å². The molecule has 0 aliphatic carbocycles. The maximum atomic E-state index is 13.6. The lowest BCUT2D eigenvalue weighted by Crippen LogP contribution is -2.49. The first-order valence-corrected chi connectivity index (χ1v) is 12.7. The molecule has 2 amide bonds. The Morgan fingerprint density at radius 2 is 1.80 bits per heavy atom. The zero-order chi connectivity index (χ0) is 24.4. The Bertz CT molecular complexity index is 1250. The highest BCUT2D eigenvalue weighted by atomic mass is 35.5. The van der Waals surface area contributed by atoms with Crippen LogP contribution in [0.2, 0.25) is 5.02 Å². The number of fused-ring (bicyclic) bond motifs is 2. The van der Waals surface area contributed by atoms with Gasteiger partial charge in [-0.25, -0.2) is 0 Å². The zero-order valence-corrected chi connectivity index (χ0v) is 20.7. The fraction of sp³-hybridized carbons (Fsp3) is 0.259. The minimum atomic E-state index is -0.559. The van der Waals surface area contributed by atoms with E-state index in [2.05, 4.69) is 5.32 Å². The SMILES string of the molecule is CC(C(=O)NCC1COc2ccccc2O1)C1Sc2ccccc2N(Cc2ccccc2Cl)C1=O. The highest BCUT2D eigenvalue weighted by molar-refractivity contribution is 8.01. The minimum absolute atomic E-state index is 0.109. The normalized spacial score (nSPS) is 19.6. The maximum Gasteiger partial charge on any atom is 0.241 e. The van der Waals surface area contributed by atoms with Gasteiger partial charge in [-0.2, -0.15) is 0 Å². The number of rotatable bonds is 6. The predicted octanol–water partition coefficient (Wildman–Crippen LogP) is 4.94. The molecule has 2 aliphatic heterocycles. The second-order valence-corrected chi connectivity index (χ2v) is 10.1. The van der Waals surface area contributed by atoms with Gasteiger partial charge in [0.2, 0.25) is 11.8 Å². The largest absolute Gasteiger partial charge is 0.486 e. The van der Waals surface area contributed by atoms with E-state index in [4.69, 9.17) is 21.1 Å². The van der Waals surface area contributed by atoms with Crippen molar-refractivity contribution >= 4 is 40.9 Å². The van der Waals surface area contributed by atoms with Crippen molar-refractivity contribution in [3.05, 3.63) is 83.4 Å². The number of hydrogen-bond acceptors (Lipinski definition) is 5. The molecular weight excluding hydrogens is 484 g/mol. The number of hydrogen-bond donors (Lipinski definition) is 1. The van der Waals surface area contributed by atoms with Gasteiger partial charge in [0.1, 0.15) is 18.0 Å². The van der Waals surface area contributed by atoms with Gasteiger partial charge in [0.05, 0.1) is 24.7 Å². The predicted molar refractivity (Wildman–Crippen MR) is 137 cm³/mol. The van der Waals surface area contributed by atoms with Crippen LogP contribution < -0.4 is 19.7 Å². The van der Waals surface area contributed by atoms with Crippen LogP contribution in [0.5, 0.6) is 11.5 Å². The van der Waals surface area contributed by atoms with Crippen LogP contribution in [-0.2, 0) is 16.1 Å². The van der Waals surface area contributed by atoms with E-state index in [1.807, 2.05) is 72.8 Å². The lowest BCUT2D eigenvalue weighted by molar-refractivity contribution is -0.128. The molecule has 0 saturated heterocycles. The van der Waals surface area contributed by atoms with Crippen LogP contribution in [0.1, 0.15) is 12.5 Å². The van der Waals surface area contributed by atoms with E-state index in [1.165, 1.54) is 11.8 Å². The summed E-state index contributed by atoms with van der Waals surface area (Å²) in [4.78, 5) is 29.4. The maximum absolute atomic E-state index is 13.6. The summed E-state index contributed by atoms with van der Waals surface area (Å²) in [5.74, 6) is 0.505. The molecule has 2 aliphatic rings. The second kappa shape index (κ2) is 10.2. The van der Waals surface area contributed by atoms with E-state index in [-0.39, 0.29) is 17.9 Å². The van der Waals surface area contributed by atoms with Gasteiger partial charge in [-0.1, -0.05) is 61.0 Å². The van der Waals surface area contributed by atoms with Crippen molar-refractivity contribution in [1.82, 2.24) is 5.32 Å². The van der Waals surface area contributed by atoms with Crippen LogP contribution in [0.25, 0.3) is 0 Å². The third-order valence-corrected chi connectivity index (χ3v) is 7.98. The fourth-order valence-electron chi connectivity index (χ4n) is 4.19. The van der Waals surface area contributed by atoms with Gasteiger partial charge in [0.25, 0.3) is 0 Å². The molecule has 0 radical (unpaired) electrons. The van der Waals surface area contributed by atoms with Gasteiger partial charge in [0, 0.05) is 9.92 Å². The van der Waals surface area contributed by atoms with Gasteiger partial charge in [0.15, 0.2) is 11.5 Å². The Morgan fingerprint density at radius 1 is 1.09 bits per heavy atom. The third kappa shape index (κ3) is 4.97. The molecule has 8 heteroatoms. The number of carbonyl (C=O) groups is 2. The molecule has 6 nitrogen and oxygen atoms in total. The molecule has 0 saturated carbocycles. The standard InChI is InChI=1S/C27H25ClN2O4S/c1-17(26(31)29-14-19-16-33-22-11-5-6-12-23(22)34-19)25-27(32)30(15-18-8-2-3-9-20(18)28)21-10-4-7-13-24(21)35-25/h2-13,17,19,25H,14-16H2,1H3,(H,29,31). The number of nitrogens with one attached hydrogen (secondary N) is 1. The summed E-state index contributed by atoms with van der Waals surface area (Å²) in [5.41, 5.74) is 1.69. The summed E-state index contributed by atoms with van der Waals surface area (Å²) in [6, 6.07) is 22.7. The number of para-hydroxylation sites is 3. The highest BCUT2D eigenvalue weighted by Crippen LogP contribution is 2.42. The van der Waals surface area contributed by atoms with Crippen molar-refractivity contribution in [3.63, 3.8) is 0 Å². The van der Waals surface area contributed by atoms with E-state index in [1.54, 1.807) is 11.8 Å². The molecule has 3 unspecified atom stereocenters. The van der Waals surface area contributed by atoms with Gasteiger partial charge in [-0.05, 0) is 35.9 Å².